The summed E-state index contributed by atoms with van der Waals surface area (Å²) in [4.78, 5) is 0. The van der Waals surface area contributed by atoms with Crippen molar-refractivity contribution in [2.24, 2.45) is 5.92 Å². The number of hydrogen-bond donors (Lipinski definition) is 1. The maximum atomic E-state index is 12.2. The molecule has 2 saturated heterocycles. The van der Waals surface area contributed by atoms with E-state index in [-0.39, 0.29) is 19.0 Å². The molecule has 2 aliphatic rings. The molecule has 0 aromatic carbocycles. The number of β-amino-alcohol motifs (C(OH)–C–C–N with tert-alkyl or cyclic N) is 1. The molecule has 2 rings (SSSR count). The molecule has 0 aliphatic carbocycles. The average molecular weight is 262 g/mol. The number of rotatable bonds is 3. The van der Waals surface area contributed by atoms with Crippen LogP contribution >= 0.6 is 0 Å². The first-order chi connectivity index (χ1) is 7.86. The van der Waals surface area contributed by atoms with Gasteiger partial charge >= 0.3 is 0 Å². The SMILES string of the molecule is CC(C)C1(O)CN(S(=O)(=O)N2CCCCC2)C1. The minimum absolute atomic E-state index is 0.0929. The van der Waals surface area contributed by atoms with Crippen LogP contribution in [0.25, 0.3) is 0 Å². The maximum absolute atomic E-state index is 12.2. The molecular weight excluding hydrogens is 240 g/mol. The Morgan fingerprint density at radius 3 is 2.06 bits per heavy atom. The van der Waals surface area contributed by atoms with Gasteiger partial charge in [-0.3, -0.25) is 0 Å². The quantitative estimate of drug-likeness (QED) is 0.802. The minimum atomic E-state index is -3.32. The summed E-state index contributed by atoms with van der Waals surface area (Å²) in [6.45, 7) is 5.57. The van der Waals surface area contributed by atoms with Crippen LogP contribution in [0, 0.1) is 5.92 Å². The van der Waals surface area contributed by atoms with Gasteiger partial charge in [-0.25, -0.2) is 0 Å². The fraction of sp³-hybridized carbons (Fsp3) is 1.00. The molecule has 0 amide bonds. The van der Waals surface area contributed by atoms with Crippen LogP contribution in [0.1, 0.15) is 33.1 Å². The molecule has 0 unspecified atom stereocenters. The van der Waals surface area contributed by atoms with E-state index in [0.717, 1.165) is 19.3 Å². The van der Waals surface area contributed by atoms with E-state index >= 15 is 0 Å². The maximum Gasteiger partial charge on any atom is 0.282 e. The third-order valence-electron chi connectivity index (χ3n) is 3.94. The molecule has 1 N–H and O–H groups in total. The lowest BCUT2D eigenvalue weighted by Gasteiger charge is -2.49. The first-order valence-electron chi connectivity index (χ1n) is 6.34. The zero-order valence-electron chi connectivity index (χ0n) is 10.6. The van der Waals surface area contributed by atoms with E-state index in [4.69, 9.17) is 0 Å². The molecule has 0 bridgehead atoms. The standard InChI is InChI=1S/C11H22N2O3S/c1-10(2)11(14)8-13(9-11)17(15,16)12-6-4-3-5-7-12/h10,14H,3-9H2,1-2H3. The van der Waals surface area contributed by atoms with Gasteiger partial charge in [-0.15, -0.1) is 0 Å². The van der Waals surface area contributed by atoms with Crippen LogP contribution in [0.4, 0.5) is 0 Å². The summed E-state index contributed by atoms with van der Waals surface area (Å²) in [6.07, 6.45) is 3.00. The van der Waals surface area contributed by atoms with Crippen molar-refractivity contribution in [3.05, 3.63) is 0 Å². The summed E-state index contributed by atoms with van der Waals surface area (Å²) in [5, 5.41) is 10.1. The summed E-state index contributed by atoms with van der Waals surface area (Å²) in [7, 11) is -3.32. The van der Waals surface area contributed by atoms with Crippen LogP contribution in [-0.2, 0) is 10.2 Å². The predicted molar refractivity (Wildman–Crippen MR) is 65.7 cm³/mol. The second-order valence-electron chi connectivity index (χ2n) is 5.49. The Bertz CT molecular complexity index is 368. The Hall–Kier alpha value is -0.170. The Kier molecular flexibility index (Phi) is 3.51. The third kappa shape index (κ3) is 2.36. The van der Waals surface area contributed by atoms with Crippen LogP contribution in [0.15, 0.2) is 0 Å². The van der Waals surface area contributed by atoms with E-state index in [1.165, 1.54) is 4.31 Å². The van der Waals surface area contributed by atoms with E-state index in [2.05, 4.69) is 0 Å². The van der Waals surface area contributed by atoms with Crippen molar-refractivity contribution in [3.63, 3.8) is 0 Å². The van der Waals surface area contributed by atoms with Crippen LogP contribution in [0.5, 0.6) is 0 Å². The molecular formula is C11H22N2O3S. The normalized spacial score (nSPS) is 27.1. The summed E-state index contributed by atoms with van der Waals surface area (Å²) in [6, 6.07) is 0. The molecule has 0 saturated carbocycles. The minimum Gasteiger partial charge on any atom is -0.387 e. The van der Waals surface area contributed by atoms with Crippen molar-refractivity contribution in [2.45, 2.75) is 38.7 Å². The lowest BCUT2D eigenvalue weighted by atomic mass is 9.85. The second kappa shape index (κ2) is 4.50. The molecule has 100 valence electrons. The van der Waals surface area contributed by atoms with Gasteiger partial charge in [0.2, 0.25) is 0 Å². The van der Waals surface area contributed by atoms with Gasteiger partial charge in [-0.1, -0.05) is 20.3 Å². The monoisotopic (exact) mass is 262 g/mol. The fourth-order valence-corrected chi connectivity index (χ4v) is 4.17. The van der Waals surface area contributed by atoms with Gasteiger partial charge in [0.05, 0.1) is 5.60 Å². The van der Waals surface area contributed by atoms with Crippen molar-refractivity contribution in [1.82, 2.24) is 8.61 Å². The topological polar surface area (TPSA) is 60.9 Å². The highest BCUT2D eigenvalue weighted by molar-refractivity contribution is 7.86. The van der Waals surface area contributed by atoms with E-state index in [9.17, 15) is 13.5 Å². The molecule has 5 nitrogen and oxygen atoms in total. The number of aliphatic hydroxyl groups is 1. The van der Waals surface area contributed by atoms with Crippen molar-refractivity contribution >= 4 is 10.2 Å². The molecule has 2 fully saturated rings. The van der Waals surface area contributed by atoms with E-state index in [1.807, 2.05) is 13.8 Å². The largest absolute Gasteiger partial charge is 0.387 e. The number of nitrogens with zero attached hydrogens (tertiary/aromatic N) is 2. The van der Waals surface area contributed by atoms with Crippen molar-refractivity contribution in [1.29, 1.82) is 0 Å². The van der Waals surface area contributed by atoms with E-state index in [0.29, 0.717) is 13.1 Å². The van der Waals surface area contributed by atoms with Gasteiger partial charge in [0.15, 0.2) is 0 Å². The molecule has 0 spiro atoms. The Morgan fingerprint density at radius 2 is 1.59 bits per heavy atom. The lowest BCUT2D eigenvalue weighted by molar-refractivity contribution is -0.0951. The highest BCUT2D eigenvalue weighted by Gasteiger charge is 2.50. The number of hydrogen-bond acceptors (Lipinski definition) is 3. The lowest BCUT2D eigenvalue weighted by Crippen LogP contribution is -2.68. The van der Waals surface area contributed by atoms with E-state index < -0.39 is 15.8 Å². The van der Waals surface area contributed by atoms with E-state index in [1.54, 1.807) is 4.31 Å². The molecule has 17 heavy (non-hydrogen) atoms. The summed E-state index contributed by atoms with van der Waals surface area (Å²) < 4.78 is 27.4. The van der Waals surface area contributed by atoms with Gasteiger partial charge in [-0.05, 0) is 18.8 Å². The van der Waals surface area contributed by atoms with Crippen molar-refractivity contribution < 1.29 is 13.5 Å². The molecule has 0 atom stereocenters. The molecule has 2 aliphatic heterocycles. The van der Waals surface area contributed by atoms with Gasteiger partial charge < -0.3 is 5.11 Å². The highest BCUT2D eigenvalue weighted by Crippen LogP contribution is 2.32. The van der Waals surface area contributed by atoms with Gasteiger partial charge in [0.1, 0.15) is 0 Å². The third-order valence-corrected chi connectivity index (χ3v) is 5.87. The van der Waals surface area contributed by atoms with Crippen molar-refractivity contribution in [3.8, 4) is 0 Å². The van der Waals surface area contributed by atoms with Crippen LogP contribution in [0.3, 0.4) is 0 Å². The zero-order chi connectivity index (χ0) is 12.7. The zero-order valence-corrected chi connectivity index (χ0v) is 11.4. The summed E-state index contributed by atoms with van der Waals surface area (Å²) in [5.74, 6) is 0.0929. The number of piperidine rings is 1. The average Bonchev–Trinajstić information content (AvgIpc) is 2.25. The van der Waals surface area contributed by atoms with Gasteiger partial charge in [0, 0.05) is 26.2 Å². The molecule has 0 aromatic heterocycles. The van der Waals surface area contributed by atoms with Gasteiger partial charge in [-0.2, -0.15) is 17.0 Å². The van der Waals surface area contributed by atoms with Crippen LogP contribution < -0.4 is 0 Å². The Balaban J connectivity index is 1.99. The molecule has 0 aromatic rings. The first-order valence-corrected chi connectivity index (χ1v) is 7.73. The second-order valence-corrected chi connectivity index (χ2v) is 7.42. The van der Waals surface area contributed by atoms with Crippen LogP contribution in [0.2, 0.25) is 0 Å². The Labute approximate surface area is 104 Å². The molecule has 0 radical (unpaired) electrons. The van der Waals surface area contributed by atoms with Crippen LogP contribution in [-0.4, -0.2) is 53.9 Å². The molecule has 2 heterocycles. The highest BCUT2D eigenvalue weighted by atomic mass is 32.2. The molecule has 6 heteroatoms. The van der Waals surface area contributed by atoms with Crippen molar-refractivity contribution in [2.75, 3.05) is 26.2 Å². The smallest absolute Gasteiger partial charge is 0.282 e. The van der Waals surface area contributed by atoms with Gasteiger partial charge in [0.25, 0.3) is 10.2 Å². The summed E-state index contributed by atoms with van der Waals surface area (Å²) >= 11 is 0. The predicted octanol–water partition coefficient (Wildman–Crippen LogP) is 0.420. The summed E-state index contributed by atoms with van der Waals surface area (Å²) in [5.41, 5.74) is -0.830. The Morgan fingerprint density at radius 1 is 1.06 bits per heavy atom. The fourth-order valence-electron chi connectivity index (χ4n) is 2.35. The first kappa shape index (κ1) is 13.3.